The normalized spacial score (nSPS) is 11.3. The summed E-state index contributed by atoms with van der Waals surface area (Å²) >= 11 is 0. The maximum absolute atomic E-state index is 10.7. The van der Waals surface area contributed by atoms with Crippen molar-refractivity contribution >= 4 is 11.7 Å². The zero-order chi connectivity index (χ0) is 13.6. The van der Waals surface area contributed by atoms with Gasteiger partial charge in [-0.3, -0.25) is 4.79 Å². The van der Waals surface area contributed by atoms with Gasteiger partial charge in [-0.1, -0.05) is 18.2 Å². The van der Waals surface area contributed by atoms with E-state index in [1.165, 1.54) is 0 Å². The predicted molar refractivity (Wildman–Crippen MR) is 71.8 cm³/mol. The molecule has 0 fully saturated rings. The van der Waals surface area contributed by atoms with Crippen LogP contribution in [0.1, 0.15) is 26.7 Å². The van der Waals surface area contributed by atoms with Crippen molar-refractivity contribution < 1.29 is 15.0 Å². The van der Waals surface area contributed by atoms with E-state index >= 15 is 0 Å². The minimum Gasteiger partial charge on any atom is -0.481 e. The quantitative estimate of drug-likeness (QED) is 0.779. The first-order valence-corrected chi connectivity index (χ1v) is 6.13. The minimum atomic E-state index is -0.806. The van der Waals surface area contributed by atoms with Gasteiger partial charge in [-0.2, -0.15) is 0 Å². The molecule has 0 aliphatic heterocycles. The van der Waals surface area contributed by atoms with E-state index < -0.39 is 11.6 Å². The SMILES string of the molecule is CC(C)(O)CCN(CCC(=O)O)c1ccccc1. The molecule has 1 rings (SSSR count). The molecular formula is C14H21NO3. The summed E-state index contributed by atoms with van der Waals surface area (Å²) in [6.45, 7) is 4.61. The van der Waals surface area contributed by atoms with Gasteiger partial charge in [0.1, 0.15) is 0 Å². The molecule has 1 aromatic rings. The number of aliphatic hydroxyl groups is 1. The number of hydrogen-bond donors (Lipinski definition) is 2. The van der Waals surface area contributed by atoms with Gasteiger partial charge in [-0.15, -0.1) is 0 Å². The average Bonchev–Trinajstić information content (AvgIpc) is 2.28. The molecule has 0 aromatic heterocycles. The number of benzene rings is 1. The predicted octanol–water partition coefficient (Wildman–Crippen LogP) is 2.13. The zero-order valence-electron chi connectivity index (χ0n) is 11.0. The zero-order valence-corrected chi connectivity index (χ0v) is 11.0. The van der Waals surface area contributed by atoms with E-state index in [0.29, 0.717) is 19.5 Å². The lowest BCUT2D eigenvalue weighted by atomic mass is 10.1. The van der Waals surface area contributed by atoms with E-state index in [1.807, 2.05) is 35.2 Å². The van der Waals surface area contributed by atoms with Crippen LogP contribution in [0.3, 0.4) is 0 Å². The smallest absolute Gasteiger partial charge is 0.305 e. The summed E-state index contributed by atoms with van der Waals surface area (Å²) in [5.74, 6) is -0.806. The van der Waals surface area contributed by atoms with Crippen molar-refractivity contribution in [3.05, 3.63) is 30.3 Å². The summed E-state index contributed by atoms with van der Waals surface area (Å²) in [5, 5.41) is 18.5. The number of hydrogen-bond acceptors (Lipinski definition) is 3. The topological polar surface area (TPSA) is 60.8 Å². The van der Waals surface area contributed by atoms with Crippen molar-refractivity contribution in [2.45, 2.75) is 32.3 Å². The number of carboxylic acid groups (broad SMARTS) is 1. The van der Waals surface area contributed by atoms with Crippen LogP contribution in [-0.2, 0) is 4.79 Å². The molecule has 100 valence electrons. The van der Waals surface area contributed by atoms with Crippen molar-refractivity contribution in [2.75, 3.05) is 18.0 Å². The Kier molecular flexibility index (Phi) is 5.16. The lowest BCUT2D eigenvalue weighted by molar-refractivity contribution is -0.136. The first kappa shape index (κ1) is 14.5. The number of nitrogens with zero attached hydrogens (tertiary/aromatic N) is 1. The summed E-state index contributed by atoms with van der Waals surface area (Å²) in [4.78, 5) is 12.7. The number of carboxylic acids is 1. The number of rotatable bonds is 7. The van der Waals surface area contributed by atoms with Crippen LogP contribution < -0.4 is 4.90 Å². The Hall–Kier alpha value is -1.55. The number of aliphatic carboxylic acids is 1. The van der Waals surface area contributed by atoms with E-state index in [1.54, 1.807) is 13.8 Å². The molecule has 0 bridgehead atoms. The monoisotopic (exact) mass is 251 g/mol. The van der Waals surface area contributed by atoms with Gasteiger partial charge in [0, 0.05) is 18.8 Å². The molecule has 0 aliphatic carbocycles. The lowest BCUT2D eigenvalue weighted by Crippen LogP contribution is -2.32. The van der Waals surface area contributed by atoms with Crippen molar-refractivity contribution in [1.82, 2.24) is 0 Å². The number of anilines is 1. The van der Waals surface area contributed by atoms with Gasteiger partial charge in [-0.25, -0.2) is 0 Å². The molecule has 0 atom stereocenters. The fraction of sp³-hybridized carbons (Fsp3) is 0.500. The van der Waals surface area contributed by atoms with Gasteiger partial charge in [0.05, 0.1) is 12.0 Å². The second kappa shape index (κ2) is 6.40. The van der Waals surface area contributed by atoms with Crippen LogP contribution in [0.4, 0.5) is 5.69 Å². The summed E-state index contributed by atoms with van der Waals surface area (Å²) in [6.07, 6.45) is 0.697. The van der Waals surface area contributed by atoms with Gasteiger partial charge >= 0.3 is 5.97 Å². The molecule has 0 radical (unpaired) electrons. The molecule has 1 aromatic carbocycles. The molecule has 0 unspecified atom stereocenters. The van der Waals surface area contributed by atoms with Crippen molar-refractivity contribution in [3.8, 4) is 0 Å². The highest BCUT2D eigenvalue weighted by molar-refractivity contribution is 5.67. The highest BCUT2D eigenvalue weighted by Crippen LogP contribution is 2.17. The standard InChI is InChI=1S/C14H21NO3/c1-14(2,18)9-11-15(10-8-13(16)17)12-6-4-3-5-7-12/h3-7,18H,8-11H2,1-2H3,(H,16,17). The fourth-order valence-electron chi connectivity index (χ4n) is 1.65. The van der Waals surface area contributed by atoms with Crippen molar-refractivity contribution in [1.29, 1.82) is 0 Å². The molecule has 0 heterocycles. The van der Waals surface area contributed by atoms with Gasteiger partial charge < -0.3 is 15.1 Å². The van der Waals surface area contributed by atoms with E-state index in [9.17, 15) is 9.90 Å². The second-order valence-electron chi connectivity index (χ2n) is 5.03. The van der Waals surface area contributed by atoms with E-state index in [2.05, 4.69) is 0 Å². The molecule has 0 spiro atoms. The summed E-state index contributed by atoms with van der Waals surface area (Å²) in [5.41, 5.74) is 0.249. The Morgan fingerprint density at radius 1 is 1.22 bits per heavy atom. The molecule has 2 N–H and O–H groups in total. The molecular weight excluding hydrogens is 230 g/mol. The first-order valence-electron chi connectivity index (χ1n) is 6.13. The molecule has 18 heavy (non-hydrogen) atoms. The molecule has 0 amide bonds. The highest BCUT2D eigenvalue weighted by Gasteiger charge is 2.16. The van der Waals surface area contributed by atoms with Crippen LogP contribution in [0, 0.1) is 0 Å². The third-order valence-corrected chi connectivity index (χ3v) is 2.71. The van der Waals surface area contributed by atoms with Gasteiger partial charge in [0.2, 0.25) is 0 Å². The highest BCUT2D eigenvalue weighted by atomic mass is 16.4. The molecule has 0 saturated carbocycles. The van der Waals surface area contributed by atoms with Gasteiger partial charge in [0.25, 0.3) is 0 Å². The largest absolute Gasteiger partial charge is 0.481 e. The third-order valence-electron chi connectivity index (χ3n) is 2.71. The molecule has 4 nitrogen and oxygen atoms in total. The maximum atomic E-state index is 10.7. The maximum Gasteiger partial charge on any atom is 0.305 e. The van der Waals surface area contributed by atoms with Crippen molar-refractivity contribution in [2.24, 2.45) is 0 Å². The summed E-state index contributed by atoms with van der Waals surface area (Å²) in [6, 6.07) is 9.67. The lowest BCUT2D eigenvalue weighted by Gasteiger charge is -2.27. The van der Waals surface area contributed by atoms with Crippen molar-refractivity contribution in [3.63, 3.8) is 0 Å². The van der Waals surface area contributed by atoms with Gasteiger partial charge in [0.15, 0.2) is 0 Å². The summed E-state index contributed by atoms with van der Waals surface area (Å²) < 4.78 is 0. The molecule has 4 heteroatoms. The fourth-order valence-corrected chi connectivity index (χ4v) is 1.65. The Labute approximate surface area is 108 Å². The summed E-state index contributed by atoms with van der Waals surface area (Å²) in [7, 11) is 0. The third kappa shape index (κ3) is 5.68. The number of carbonyl (C=O) groups is 1. The Morgan fingerprint density at radius 3 is 2.33 bits per heavy atom. The van der Waals surface area contributed by atoms with Crippen LogP contribution in [0.5, 0.6) is 0 Å². The Morgan fingerprint density at radius 2 is 1.83 bits per heavy atom. The van der Waals surface area contributed by atoms with Crippen LogP contribution in [0.15, 0.2) is 30.3 Å². The van der Waals surface area contributed by atoms with Crippen LogP contribution in [-0.4, -0.2) is 34.9 Å². The van der Waals surface area contributed by atoms with E-state index in [0.717, 1.165) is 5.69 Å². The van der Waals surface area contributed by atoms with Crippen LogP contribution in [0.25, 0.3) is 0 Å². The number of para-hydroxylation sites is 1. The minimum absolute atomic E-state index is 0.0980. The second-order valence-corrected chi connectivity index (χ2v) is 5.03. The van der Waals surface area contributed by atoms with E-state index in [4.69, 9.17) is 5.11 Å². The van der Waals surface area contributed by atoms with Gasteiger partial charge in [-0.05, 0) is 32.4 Å². The van der Waals surface area contributed by atoms with Crippen LogP contribution >= 0.6 is 0 Å². The van der Waals surface area contributed by atoms with E-state index in [-0.39, 0.29) is 6.42 Å². The average molecular weight is 251 g/mol. The van der Waals surface area contributed by atoms with Crippen LogP contribution in [0.2, 0.25) is 0 Å². The molecule has 0 saturated heterocycles. The Balaban J connectivity index is 2.66. The molecule has 0 aliphatic rings. The Bertz CT molecular complexity index is 370. The first-order chi connectivity index (χ1) is 8.38.